The molecule has 3 aromatic carbocycles. The number of ether oxygens (including phenoxy) is 4. The molecule has 0 bridgehead atoms. The predicted octanol–water partition coefficient (Wildman–Crippen LogP) is 3.71. The minimum absolute atomic E-state index is 0.00500. The first-order chi connectivity index (χ1) is 19.8. The number of esters is 1. The van der Waals surface area contributed by atoms with Crippen LogP contribution in [-0.2, 0) is 16.1 Å². The first-order valence-corrected chi connectivity index (χ1v) is 13.5. The van der Waals surface area contributed by atoms with Crippen LogP contribution in [0.3, 0.4) is 0 Å². The number of carbonyl (C=O) groups excluding carboxylic acids is 1. The number of rotatable bonds is 8. The van der Waals surface area contributed by atoms with Crippen LogP contribution in [0.5, 0.6) is 23.0 Å². The van der Waals surface area contributed by atoms with Crippen LogP contribution in [0.25, 0.3) is 6.08 Å². The number of nitrogens with zero attached hydrogens (tertiary/aromatic N) is 2. The monoisotopic (exact) mass is 572 g/mol. The molecular formula is C31H28N2O7S. The Morgan fingerprint density at radius 1 is 1.00 bits per heavy atom. The van der Waals surface area contributed by atoms with Gasteiger partial charge in [0, 0.05) is 0 Å². The van der Waals surface area contributed by atoms with Gasteiger partial charge in [-0.2, -0.15) is 0 Å². The number of allylic oxidation sites excluding steroid dienone is 1. The maximum atomic E-state index is 13.8. The van der Waals surface area contributed by atoms with Crippen LogP contribution in [0, 0.1) is 0 Å². The van der Waals surface area contributed by atoms with Gasteiger partial charge in [-0.15, -0.1) is 0 Å². The lowest BCUT2D eigenvalue weighted by atomic mass is 9.95. The highest BCUT2D eigenvalue weighted by atomic mass is 32.1. The molecule has 0 amide bonds. The molecule has 10 heteroatoms. The number of methoxy groups -OCH3 is 3. The molecule has 0 fully saturated rings. The average molecular weight is 573 g/mol. The van der Waals surface area contributed by atoms with E-state index in [4.69, 9.17) is 18.9 Å². The second kappa shape index (κ2) is 11.7. The van der Waals surface area contributed by atoms with Crippen LogP contribution in [0.1, 0.15) is 29.7 Å². The van der Waals surface area contributed by atoms with E-state index in [1.54, 1.807) is 43.3 Å². The Morgan fingerprint density at radius 3 is 2.46 bits per heavy atom. The quantitative estimate of drug-likeness (QED) is 0.321. The normalized spacial score (nSPS) is 14.7. The highest BCUT2D eigenvalue weighted by Gasteiger charge is 2.33. The molecule has 1 aliphatic heterocycles. The van der Waals surface area contributed by atoms with Crippen LogP contribution < -0.4 is 29.1 Å². The molecule has 0 aliphatic carbocycles. The fourth-order valence-electron chi connectivity index (χ4n) is 4.65. The summed E-state index contributed by atoms with van der Waals surface area (Å²) in [6.45, 7) is 2.07. The molecule has 5 rings (SSSR count). The SMILES string of the molecule is COC(=O)C1=C(C)N=c2sc(=Cc3ccc(O)c(OC)c3)c(=O)n2C1c1ccc(OCc2ccccc2)c(OC)c1. The highest BCUT2D eigenvalue weighted by Crippen LogP contribution is 2.36. The number of hydrogen-bond acceptors (Lipinski definition) is 9. The molecule has 0 saturated carbocycles. The summed E-state index contributed by atoms with van der Waals surface area (Å²) in [7, 11) is 4.29. The number of hydrogen-bond donors (Lipinski definition) is 1. The Hall–Kier alpha value is -4.83. The topological polar surface area (TPSA) is 109 Å². The third-order valence-corrected chi connectivity index (χ3v) is 7.65. The van der Waals surface area contributed by atoms with Gasteiger partial charge in [-0.25, -0.2) is 9.79 Å². The molecule has 4 aromatic rings. The van der Waals surface area contributed by atoms with E-state index in [1.807, 2.05) is 30.3 Å². The zero-order valence-corrected chi connectivity index (χ0v) is 23.7. The second-order valence-electron chi connectivity index (χ2n) is 9.19. The molecular weight excluding hydrogens is 544 g/mol. The molecule has 9 nitrogen and oxygen atoms in total. The third-order valence-electron chi connectivity index (χ3n) is 6.67. The lowest BCUT2D eigenvalue weighted by Crippen LogP contribution is -2.39. The van der Waals surface area contributed by atoms with Crippen LogP contribution in [0.15, 0.2) is 87.8 Å². The zero-order valence-electron chi connectivity index (χ0n) is 22.9. The molecule has 1 unspecified atom stereocenters. The fraction of sp³-hybridized carbons (Fsp3) is 0.194. The largest absolute Gasteiger partial charge is 0.504 e. The van der Waals surface area contributed by atoms with Gasteiger partial charge in [0.15, 0.2) is 27.8 Å². The Labute approximate surface area is 239 Å². The number of benzene rings is 3. The average Bonchev–Trinajstić information content (AvgIpc) is 3.30. The van der Waals surface area contributed by atoms with Crippen molar-refractivity contribution >= 4 is 23.4 Å². The van der Waals surface area contributed by atoms with Crippen molar-refractivity contribution < 1.29 is 28.8 Å². The Kier molecular flexibility index (Phi) is 7.93. The number of fused-ring (bicyclic) bond motifs is 1. The Bertz CT molecular complexity index is 1820. The van der Waals surface area contributed by atoms with Crippen molar-refractivity contribution in [3.63, 3.8) is 0 Å². The van der Waals surface area contributed by atoms with E-state index in [0.29, 0.717) is 44.3 Å². The van der Waals surface area contributed by atoms with Gasteiger partial charge in [0.1, 0.15) is 6.61 Å². The summed E-state index contributed by atoms with van der Waals surface area (Å²) in [5, 5.41) is 9.95. The molecule has 0 radical (unpaired) electrons. The minimum Gasteiger partial charge on any atom is -0.504 e. The van der Waals surface area contributed by atoms with E-state index in [2.05, 4.69) is 4.99 Å². The van der Waals surface area contributed by atoms with Crippen LogP contribution in [0.4, 0.5) is 0 Å². The van der Waals surface area contributed by atoms with Crippen molar-refractivity contribution in [3.8, 4) is 23.0 Å². The van der Waals surface area contributed by atoms with Crippen molar-refractivity contribution in [3.05, 3.63) is 114 Å². The van der Waals surface area contributed by atoms with Crippen LogP contribution in [0.2, 0.25) is 0 Å². The summed E-state index contributed by atoms with van der Waals surface area (Å²) < 4.78 is 23.9. The second-order valence-corrected chi connectivity index (χ2v) is 10.2. The smallest absolute Gasteiger partial charge is 0.338 e. The van der Waals surface area contributed by atoms with Gasteiger partial charge in [0.25, 0.3) is 5.56 Å². The summed E-state index contributed by atoms with van der Waals surface area (Å²) in [5.41, 5.74) is 2.66. The van der Waals surface area contributed by atoms with Crippen molar-refractivity contribution in [2.75, 3.05) is 21.3 Å². The van der Waals surface area contributed by atoms with Crippen molar-refractivity contribution in [2.24, 2.45) is 4.99 Å². The van der Waals surface area contributed by atoms with E-state index >= 15 is 0 Å². The molecule has 1 aromatic heterocycles. The number of phenolic OH excluding ortho intramolecular Hbond substituents is 1. The van der Waals surface area contributed by atoms with Gasteiger partial charge in [0.05, 0.1) is 43.2 Å². The molecule has 1 atom stereocenters. The molecule has 0 spiro atoms. The Balaban J connectivity index is 1.62. The van der Waals surface area contributed by atoms with E-state index in [9.17, 15) is 14.7 Å². The number of phenols is 1. The number of carbonyl (C=O) groups is 1. The highest BCUT2D eigenvalue weighted by molar-refractivity contribution is 7.07. The van der Waals surface area contributed by atoms with Gasteiger partial charge in [-0.3, -0.25) is 9.36 Å². The van der Waals surface area contributed by atoms with E-state index in [-0.39, 0.29) is 22.6 Å². The first kappa shape index (κ1) is 27.7. The summed E-state index contributed by atoms with van der Waals surface area (Å²) in [4.78, 5) is 31.9. The van der Waals surface area contributed by atoms with E-state index in [0.717, 1.165) is 5.56 Å². The summed E-state index contributed by atoms with van der Waals surface area (Å²) in [6, 6.07) is 19.1. The van der Waals surface area contributed by atoms with Gasteiger partial charge in [-0.05, 0) is 54.0 Å². The van der Waals surface area contributed by atoms with E-state index < -0.39 is 12.0 Å². The minimum atomic E-state index is -0.813. The molecule has 2 heterocycles. The molecule has 41 heavy (non-hydrogen) atoms. The lowest BCUT2D eigenvalue weighted by molar-refractivity contribution is -0.136. The van der Waals surface area contributed by atoms with Crippen molar-refractivity contribution in [1.29, 1.82) is 0 Å². The molecule has 0 saturated heterocycles. The number of aromatic nitrogens is 1. The van der Waals surface area contributed by atoms with Gasteiger partial charge >= 0.3 is 5.97 Å². The predicted molar refractivity (Wildman–Crippen MR) is 154 cm³/mol. The van der Waals surface area contributed by atoms with Crippen molar-refractivity contribution in [1.82, 2.24) is 4.57 Å². The third kappa shape index (κ3) is 5.46. The number of thiazole rings is 1. The standard InChI is InChI=1S/C31H28N2O7S/c1-18-27(30(36)39-4)28(21-11-13-23(25(16-21)38-3)40-17-19-8-6-5-7-9-19)33-29(35)26(41-31(33)32-18)15-20-10-12-22(34)24(14-20)37-2/h5-16,28,34H,17H2,1-4H3. The van der Waals surface area contributed by atoms with Crippen LogP contribution in [-0.4, -0.2) is 37.0 Å². The maximum Gasteiger partial charge on any atom is 0.338 e. The molecule has 1 N–H and O–H groups in total. The number of aromatic hydroxyl groups is 1. The molecule has 1 aliphatic rings. The zero-order chi connectivity index (χ0) is 29.1. The lowest BCUT2D eigenvalue weighted by Gasteiger charge is -2.25. The van der Waals surface area contributed by atoms with E-state index in [1.165, 1.54) is 43.3 Å². The fourth-order valence-corrected chi connectivity index (χ4v) is 5.70. The summed E-state index contributed by atoms with van der Waals surface area (Å²) in [6.07, 6.45) is 1.70. The maximum absolute atomic E-state index is 13.8. The van der Waals surface area contributed by atoms with Gasteiger partial charge in [-0.1, -0.05) is 53.8 Å². The first-order valence-electron chi connectivity index (χ1n) is 12.7. The van der Waals surface area contributed by atoms with Gasteiger partial charge < -0.3 is 24.1 Å². The van der Waals surface area contributed by atoms with Crippen molar-refractivity contribution in [2.45, 2.75) is 19.6 Å². The molecule has 210 valence electrons. The Morgan fingerprint density at radius 2 is 1.76 bits per heavy atom. The summed E-state index contributed by atoms with van der Waals surface area (Å²) in [5.74, 6) is 0.673. The van der Waals surface area contributed by atoms with Gasteiger partial charge in [0.2, 0.25) is 0 Å². The van der Waals surface area contributed by atoms with Crippen LogP contribution >= 0.6 is 11.3 Å². The summed E-state index contributed by atoms with van der Waals surface area (Å²) >= 11 is 1.20.